The van der Waals surface area contributed by atoms with Crippen molar-refractivity contribution in [2.45, 2.75) is 30.5 Å². The van der Waals surface area contributed by atoms with E-state index in [2.05, 4.69) is 24.1 Å². The standard InChI is InChI=1S/C21H29N3O4S2/c1-16(2)24-11-10-17(14-24)13-22-20(25)15-28-19-8-6-18(7-9-19)23(3)30(26,27)21-5-4-12-29-21/h4-9,12,16-17H,10-11,13-15H2,1-3H3,(H,22,25). The van der Waals surface area contributed by atoms with E-state index in [4.69, 9.17) is 4.74 Å². The predicted molar refractivity (Wildman–Crippen MR) is 120 cm³/mol. The highest BCUT2D eigenvalue weighted by atomic mass is 32.2. The summed E-state index contributed by atoms with van der Waals surface area (Å²) in [6.45, 7) is 7.07. The van der Waals surface area contributed by atoms with Gasteiger partial charge in [0, 0.05) is 26.2 Å². The van der Waals surface area contributed by atoms with Gasteiger partial charge < -0.3 is 15.0 Å². The molecule has 0 spiro atoms. The van der Waals surface area contributed by atoms with Crippen LogP contribution in [0.1, 0.15) is 20.3 Å². The fourth-order valence-electron chi connectivity index (χ4n) is 3.39. The number of anilines is 1. The molecule has 1 aromatic carbocycles. The normalized spacial score (nSPS) is 17.3. The van der Waals surface area contributed by atoms with Gasteiger partial charge in [0.05, 0.1) is 5.69 Å². The number of rotatable bonds is 9. The van der Waals surface area contributed by atoms with Gasteiger partial charge in [-0.1, -0.05) is 6.07 Å². The number of likely N-dealkylation sites (tertiary alicyclic amines) is 1. The van der Waals surface area contributed by atoms with Crippen molar-refractivity contribution < 1.29 is 17.9 Å². The van der Waals surface area contributed by atoms with E-state index < -0.39 is 10.0 Å². The molecule has 164 valence electrons. The fraction of sp³-hybridized carbons (Fsp3) is 0.476. The van der Waals surface area contributed by atoms with E-state index in [1.54, 1.807) is 41.8 Å². The molecule has 1 fully saturated rings. The Kier molecular flexibility index (Phi) is 7.38. The van der Waals surface area contributed by atoms with Gasteiger partial charge in [-0.3, -0.25) is 9.10 Å². The Balaban J connectivity index is 1.46. The van der Waals surface area contributed by atoms with Crippen LogP contribution in [0.25, 0.3) is 0 Å². The van der Waals surface area contributed by atoms with Gasteiger partial charge in [0.1, 0.15) is 9.96 Å². The highest BCUT2D eigenvalue weighted by Gasteiger charge is 2.24. The van der Waals surface area contributed by atoms with E-state index in [1.807, 2.05) is 0 Å². The first-order valence-corrected chi connectivity index (χ1v) is 12.4. The number of benzene rings is 1. The second-order valence-electron chi connectivity index (χ2n) is 7.73. The molecule has 0 saturated carbocycles. The van der Waals surface area contributed by atoms with Crippen LogP contribution in [0.4, 0.5) is 5.69 Å². The zero-order valence-corrected chi connectivity index (χ0v) is 19.2. The molecule has 0 radical (unpaired) electrons. The number of hydrogen-bond donors (Lipinski definition) is 1. The lowest BCUT2D eigenvalue weighted by molar-refractivity contribution is -0.123. The first kappa shape index (κ1) is 22.6. The third-order valence-corrected chi connectivity index (χ3v) is 8.47. The number of carbonyl (C=O) groups excluding carboxylic acids is 1. The highest BCUT2D eigenvalue weighted by Crippen LogP contribution is 2.26. The van der Waals surface area contributed by atoms with Crippen LogP contribution in [0.2, 0.25) is 0 Å². The number of amides is 1. The van der Waals surface area contributed by atoms with Crippen LogP contribution in [0.5, 0.6) is 5.75 Å². The lowest BCUT2D eigenvalue weighted by Crippen LogP contribution is -2.35. The van der Waals surface area contributed by atoms with Gasteiger partial charge in [-0.15, -0.1) is 11.3 Å². The average molecular weight is 452 g/mol. The molecule has 30 heavy (non-hydrogen) atoms. The summed E-state index contributed by atoms with van der Waals surface area (Å²) >= 11 is 1.18. The van der Waals surface area contributed by atoms with Crippen molar-refractivity contribution in [3.63, 3.8) is 0 Å². The minimum Gasteiger partial charge on any atom is -0.484 e. The SMILES string of the molecule is CC(C)N1CCC(CNC(=O)COc2ccc(N(C)S(=O)(=O)c3cccs3)cc2)C1. The van der Waals surface area contributed by atoms with Crippen LogP contribution in [-0.4, -0.2) is 58.6 Å². The molecule has 0 aliphatic carbocycles. The maximum atomic E-state index is 12.6. The molecule has 9 heteroatoms. The molecule has 1 unspecified atom stereocenters. The van der Waals surface area contributed by atoms with Crippen molar-refractivity contribution in [3.8, 4) is 5.75 Å². The Morgan fingerprint density at radius 2 is 2.03 bits per heavy atom. The predicted octanol–water partition coefficient (Wildman–Crippen LogP) is 2.80. The molecule has 1 aliphatic heterocycles. The van der Waals surface area contributed by atoms with Crippen molar-refractivity contribution in [1.29, 1.82) is 0 Å². The summed E-state index contributed by atoms with van der Waals surface area (Å²) in [7, 11) is -2.05. The van der Waals surface area contributed by atoms with Gasteiger partial charge in [-0.25, -0.2) is 8.42 Å². The van der Waals surface area contributed by atoms with E-state index >= 15 is 0 Å². The smallest absolute Gasteiger partial charge is 0.273 e. The minimum absolute atomic E-state index is 0.0662. The number of thiophene rings is 1. The Morgan fingerprint density at radius 3 is 2.63 bits per heavy atom. The van der Waals surface area contributed by atoms with E-state index in [0.717, 1.165) is 19.5 Å². The van der Waals surface area contributed by atoms with Gasteiger partial charge in [0.15, 0.2) is 6.61 Å². The van der Waals surface area contributed by atoms with Gasteiger partial charge in [-0.05, 0) is 68.4 Å². The highest BCUT2D eigenvalue weighted by molar-refractivity contribution is 7.94. The van der Waals surface area contributed by atoms with Gasteiger partial charge in [0.2, 0.25) is 0 Å². The van der Waals surface area contributed by atoms with Crippen molar-refractivity contribution in [1.82, 2.24) is 10.2 Å². The number of ether oxygens (including phenoxy) is 1. The topological polar surface area (TPSA) is 79.0 Å². The molecular weight excluding hydrogens is 422 g/mol. The van der Waals surface area contributed by atoms with E-state index in [1.165, 1.54) is 22.7 Å². The second-order valence-corrected chi connectivity index (χ2v) is 10.9. The first-order chi connectivity index (χ1) is 14.3. The Hall–Kier alpha value is -2.10. The summed E-state index contributed by atoms with van der Waals surface area (Å²) in [6.07, 6.45) is 1.10. The molecule has 1 amide bonds. The molecule has 7 nitrogen and oxygen atoms in total. The zero-order valence-electron chi connectivity index (χ0n) is 17.6. The van der Waals surface area contributed by atoms with Crippen LogP contribution < -0.4 is 14.4 Å². The lowest BCUT2D eigenvalue weighted by atomic mass is 10.1. The molecule has 0 bridgehead atoms. The molecular formula is C21H29N3O4S2. The second kappa shape index (κ2) is 9.80. The Morgan fingerprint density at radius 1 is 1.30 bits per heavy atom. The summed E-state index contributed by atoms with van der Waals surface area (Å²) in [5.41, 5.74) is 0.524. The third kappa shape index (κ3) is 5.53. The largest absolute Gasteiger partial charge is 0.484 e. The van der Waals surface area contributed by atoms with Crippen LogP contribution >= 0.6 is 11.3 Å². The maximum absolute atomic E-state index is 12.6. The number of nitrogens with zero attached hydrogens (tertiary/aromatic N) is 2. The number of hydrogen-bond acceptors (Lipinski definition) is 6. The first-order valence-electron chi connectivity index (χ1n) is 10.0. The van der Waals surface area contributed by atoms with Gasteiger partial charge in [-0.2, -0.15) is 0 Å². The van der Waals surface area contributed by atoms with Crippen molar-refractivity contribution >= 4 is 33.0 Å². The van der Waals surface area contributed by atoms with Gasteiger partial charge >= 0.3 is 0 Å². The van der Waals surface area contributed by atoms with E-state index in [0.29, 0.717) is 34.2 Å². The van der Waals surface area contributed by atoms with E-state index in [9.17, 15) is 13.2 Å². The third-order valence-electron chi connectivity index (χ3n) is 5.32. The van der Waals surface area contributed by atoms with Crippen LogP contribution in [-0.2, 0) is 14.8 Å². The molecule has 1 aromatic heterocycles. The van der Waals surface area contributed by atoms with Crippen LogP contribution in [0, 0.1) is 5.92 Å². The van der Waals surface area contributed by atoms with E-state index in [-0.39, 0.29) is 12.5 Å². The molecule has 1 saturated heterocycles. The number of sulfonamides is 1. The molecule has 1 atom stereocenters. The summed E-state index contributed by atoms with van der Waals surface area (Å²) in [4.78, 5) is 14.5. The summed E-state index contributed by atoms with van der Waals surface area (Å²) in [5, 5.41) is 4.67. The van der Waals surface area contributed by atoms with Crippen molar-refractivity contribution in [3.05, 3.63) is 41.8 Å². The average Bonchev–Trinajstić information content (AvgIpc) is 3.43. The Bertz CT molecular complexity index is 928. The molecule has 2 aromatic rings. The molecule has 2 heterocycles. The molecule has 1 aliphatic rings. The molecule has 3 rings (SSSR count). The van der Waals surface area contributed by atoms with Crippen LogP contribution in [0.15, 0.2) is 46.0 Å². The van der Waals surface area contributed by atoms with Crippen LogP contribution in [0.3, 0.4) is 0 Å². The summed E-state index contributed by atoms with van der Waals surface area (Å²) in [5.74, 6) is 0.846. The minimum atomic E-state index is -3.57. The summed E-state index contributed by atoms with van der Waals surface area (Å²) in [6, 6.07) is 10.5. The quantitative estimate of drug-likeness (QED) is 0.634. The number of nitrogens with one attached hydrogen (secondary N) is 1. The fourth-order valence-corrected chi connectivity index (χ4v) is 5.75. The van der Waals surface area contributed by atoms with Crippen molar-refractivity contribution in [2.75, 3.05) is 37.6 Å². The molecule has 1 N–H and O–H groups in total. The Labute approximate surface area is 182 Å². The summed E-state index contributed by atoms with van der Waals surface area (Å²) < 4.78 is 32.2. The number of carbonyl (C=O) groups is 1. The lowest BCUT2D eigenvalue weighted by Gasteiger charge is -2.20. The monoisotopic (exact) mass is 451 g/mol. The maximum Gasteiger partial charge on any atom is 0.273 e. The zero-order chi connectivity index (χ0) is 21.7. The van der Waals surface area contributed by atoms with Crippen molar-refractivity contribution in [2.24, 2.45) is 5.92 Å². The van der Waals surface area contributed by atoms with Gasteiger partial charge in [0.25, 0.3) is 15.9 Å².